The molecular weight excluding hydrogens is 236 g/mol. The smallest absolute Gasteiger partial charge is 0.0999 e. The molecule has 0 amide bonds. The first-order valence-corrected chi connectivity index (χ1v) is 5.83. The third-order valence-electron chi connectivity index (χ3n) is 2.84. The number of allylic oxidation sites excluding steroid dienone is 1. The number of aromatic amines is 1. The van der Waals surface area contributed by atoms with Crippen LogP contribution in [0.2, 0.25) is 0 Å². The van der Waals surface area contributed by atoms with Crippen molar-refractivity contribution in [3.63, 3.8) is 0 Å². The fourth-order valence-electron chi connectivity index (χ4n) is 1.96. The van der Waals surface area contributed by atoms with Crippen LogP contribution < -0.4 is 0 Å². The third-order valence-corrected chi connectivity index (χ3v) is 2.84. The zero-order valence-electron chi connectivity index (χ0n) is 10.0. The third kappa shape index (κ3) is 2.09. The molecule has 0 aromatic carbocycles. The molecule has 0 radical (unpaired) electrons. The van der Waals surface area contributed by atoms with E-state index in [0.717, 1.165) is 22.2 Å². The Labute approximate surface area is 110 Å². The molecule has 3 rings (SSSR count). The van der Waals surface area contributed by atoms with Crippen LogP contribution in [0.4, 0.5) is 0 Å². The highest BCUT2D eigenvalue weighted by Gasteiger charge is 2.09. The normalized spacial score (nSPS) is 11.4. The molecule has 0 aliphatic carbocycles. The van der Waals surface area contributed by atoms with Crippen molar-refractivity contribution in [1.82, 2.24) is 15.0 Å². The number of aromatic nitrogens is 3. The van der Waals surface area contributed by atoms with Gasteiger partial charge in [0.2, 0.25) is 0 Å². The zero-order chi connectivity index (χ0) is 13.1. The molecule has 0 aliphatic heterocycles. The van der Waals surface area contributed by atoms with E-state index in [1.807, 2.05) is 36.5 Å². The summed E-state index contributed by atoms with van der Waals surface area (Å²) in [4.78, 5) is 11.5. The number of nitrogens with zero attached hydrogens (tertiary/aromatic N) is 3. The predicted octanol–water partition coefficient (Wildman–Crippen LogP) is 3.02. The molecule has 0 bridgehead atoms. The van der Waals surface area contributed by atoms with E-state index >= 15 is 0 Å². The average Bonchev–Trinajstić information content (AvgIpc) is 2.90. The van der Waals surface area contributed by atoms with Gasteiger partial charge in [-0.2, -0.15) is 5.26 Å². The molecule has 3 heterocycles. The van der Waals surface area contributed by atoms with Gasteiger partial charge in [0.25, 0.3) is 0 Å². The van der Waals surface area contributed by atoms with E-state index < -0.39 is 0 Å². The summed E-state index contributed by atoms with van der Waals surface area (Å²) < 4.78 is 0. The first kappa shape index (κ1) is 11.2. The van der Waals surface area contributed by atoms with Gasteiger partial charge in [0.15, 0.2) is 0 Å². The van der Waals surface area contributed by atoms with E-state index in [1.165, 1.54) is 0 Å². The number of hydrogen-bond acceptors (Lipinski definition) is 3. The van der Waals surface area contributed by atoms with Crippen molar-refractivity contribution in [2.75, 3.05) is 0 Å². The van der Waals surface area contributed by atoms with Crippen LogP contribution in [0.15, 0.2) is 49.1 Å². The van der Waals surface area contributed by atoms with Crippen molar-refractivity contribution in [1.29, 1.82) is 5.26 Å². The Bertz CT molecular complexity index is 779. The van der Waals surface area contributed by atoms with Crippen molar-refractivity contribution in [3.8, 4) is 6.07 Å². The van der Waals surface area contributed by atoms with Crippen LogP contribution in [0.5, 0.6) is 0 Å². The van der Waals surface area contributed by atoms with E-state index in [9.17, 15) is 5.26 Å². The van der Waals surface area contributed by atoms with Crippen LogP contribution in [-0.2, 0) is 0 Å². The van der Waals surface area contributed by atoms with Crippen molar-refractivity contribution >= 4 is 22.7 Å². The van der Waals surface area contributed by atoms with Gasteiger partial charge < -0.3 is 4.98 Å². The van der Waals surface area contributed by atoms with Crippen molar-refractivity contribution in [3.05, 3.63) is 60.2 Å². The van der Waals surface area contributed by atoms with Crippen molar-refractivity contribution in [2.24, 2.45) is 0 Å². The second-order valence-corrected chi connectivity index (χ2v) is 4.06. The Kier molecular flexibility index (Phi) is 2.79. The van der Waals surface area contributed by atoms with Crippen LogP contribution in [-0.4, -0.2) is 15.0 Å². The molecule has 3 aromatic heterocycles. The molecule has 3 aromatic rings. The molecule has 0 saturated heterocycles. The molecule has 90 valence electrons. The zero-order valence-corrected chi connectivity index (χ0v) is 10.0. The van der Waals surface area contributed by atoms with Gasteiger partial charge in [-0.3, -0.25) is 9.97 Å². The fraction of sp³-hybridized carbons (Fsp3) is 0. The predicted molar refractivity (Wildman–Crippen MR) is 73.8 cm³/mol. The molecule has 0 spiro atoms. The van der Waals surface area contributed by atoms with Crippen LogP contribution in [0.25, 0.3) is 22.7 Å². The minimum Gasteiger partial charge on any atom is -0.359 e. The Morgan fingerprint density at radius 2 is 2.16 bits per heavy atom. The average molecular weight is 246 g/mol. The molecule has 0 saturated carbocycles. The van der Waals surface area contributed by atoms with E-state index in [2.05, 4.69) is 21.0 Å². The van der Waals surface area contributed by atoms with Crippen molar-refractivity contribution in [2.45, 2.75) is 0 Å². The lowest BCUT2D eigenvalue weighted by atomic mass is 10.1. The highest BCUT2D eigenvalue weighted by atomic mass is 14.8. The number of pyridine rings is 2. The molecule has 19 heavy (non-hydrogen) atoms. The van der Waals surface area contributed by atoms with Gasteiger partial charge >= 0.3 is 0 Å². The fourth-order valence-corrected chi connectivity index (χ4v) is 1.96. The standard InChI is InChI=1S/C15H10N4/c16-8-12(7-11-3-1-5-17-9-11)13-10-19-14-4-2-6-18-15(13)14/h1-7,9-10,19H. The Balaban J connectivity index is 2.14. The van der Waals surface area contributed by atoms with E-state index in [4.69, 9.17) is 0 Å². The number of hydrogen-bond donors (Lipinski definition) is 1. The SMILES string of the molecule is N#CC(=Cc1cccnc1)c1c[nH]c2cccnc12. The summed E-state index contributed by atoms with van der Waals surface area (Å²) in [5, 5.41) is 9.34. The first-order chi connectivity index (χ1) is 9.38. The van der Waals surface area contributed by atoms with Crippen LogP contribution in [0.3, 0.4) is 0 Å². The van der Waals surface area contributed by atoms with Gasteiger partial charge in [0, 0.05) is 30.4 Å². The Morgan fingerprint density at radius 3 is 2.95 bits per heavy atom. The summed E-state index contributed by atoms with van der Waals surface area (Å²) >= 11 is 0. The van der Waals surface area contributed by atoms with Crippen LogP contribution in [0.1, 0.15) is 11.1 Å². The molecule has 4 heteroatoms. The van der Waals surface area contributed by atoms with Gasteiger partial charge in [0.1, 0.15) is 0 Å². The van der Waals surface area contributed by atoms with Gasteiger partial charge in [-0.25, -0.2) is 0 Å². The molecule has 0 fully saturated rings. The maximum absolute atomic E-state index is 9.34. The number of rotatable bonds is 2. The maximum Gasteiger partial charge on any atom is 0.0999 e. The lowest BCUT2D eigenvalue weighted by molar-refractivity contribution is 1.32. The van der Waals surface area contributed by atoms with Gasteiger partial charge in [-0.15, -0.1) is 0 Å². The second-order valence-electron chi connectivity index (χ2n) is 4.06. The van der Waals surface area contributed by atoms with E-state index in [1.54, 1.807) is 18.6 Å². The summed E-state index contributed by atoms with van der Waals surface area (Å²) in [5.41, 5.74) is 3.99. The van der Waals surface area contributed by atoms with Crippen LogP contribution >= 0.6 is 0 Å². The summed E-state index contributed by atoms with van der Waals surface area (Å²) in [6, 6.07) is 9.77. The molecular formula is C15H10N4. The number of fused-ring (bicyclic) bond motifs is 1. The molecule has 1 N–H and O–H groups in total. The lowest BCUT2D eigenvalue weighted by Gasteiger charge is -1.97. The summed E-state index contributed by atoms with van der Waals surface area (Å²) in [6.45, 7) is 0. The Hall–Kier alpha value is -2.93. The lowest BCUT2D eigenvalue weighted by Crippen LogP contribution is -1.83. The quantitative estimate of drug-likeness (QED) is 0.707. The monoisotopic (exact) mass is 246 g/mol. The number of nitriles is 1. The van der Waals surface area contributed by atoms with Gasteiger partial charge in [0.05, 0.1) is 22.7 Å². The minimum atomic E-state index is 0.568. The second kappa shape index (κ2) is 4.75. The number of nitrogens with one attached hydrogen (secondary N) is 1. The summed E-state index contributed by atoms with van der Waals surface area (Å²) in [5.74, 6) is 0. The summed E-state index contributed by atoms with van der Waals surface area (Å²) in [6.07, 6.45) is 8.77. The van der Waals surface area contributed by atoms with E-state index in [-0.39, 0.29) is 0 Å². The summed E-state index contributed by atoms with van der Waals surface area (Å²) in [7, 11) is 0. The maximum atomic E-state index is 9.34. The van der Waals surface area contributed by atoms with Crippen LogP contribution in [0, 0.1) is 11.3 Å². The number of H-pyrrole nitrogens is 1. The van der Waals surface area contributed by atoms with E-state index in [0.29, 0.717) is 5.57 Å². The van der Waals surface area contributed by atoms with Gasteiger partial charge in [-0.05, 0) is 29.8 Å². The first-order valence-electron chi connectivity index (χ1n) is 5.83. The van der Waals surface area contributed by atoms with Gasteiger partial charge in [-0.1, -0.05) is 6.07 Å². The molecule has 0 aliphatic rings. The molecule has 0 atom stereocenters. The molecule has 4 nitrogen and oxygen atoms in total. The van der Waals surface area contributed by atoms with Crippen molar-refractivity contribution < 1.29 is 0 Å². The largest absolute Gasteiger partial charge is 0.359 e. The highest BCUT2D eigenvalue weighted by Crippen LogP contribution is 2.24. The highest BCUT2D eigenvalue weighted by molar-refractivity contribution is 5.99. The minimum absolute atomic E-state index is 0.568. The molecule has 0 unspecified atom stereocenters. The Morgan fingerprint density at radius 1 is 1.26 bits per heavy atom. The topological polar surface area (TPSA) is 65.4 Å².